The third-order valence-electron chi connectivity index (χ3n) is 4.69. The van der Waals surface area contributed by atoms with Crippen molar-refractivity contribution in [3.63, 3.8) is 0 Å². The molecule has 1 unspecified atom stereocenters. The molecule has 0 fully saturated rings. The number of hydrogen-bond donors (Lipinski definition) is 2. The molecule has 2 heterocycles. The van der Waals surface area contributed by atoms with Crippen LogP contribution in [0.2, 0.25) is 0 Å². The van der Waals surface area contributed by atoms with Gasteiger partial charge in [0, 0.05) is 24.1 Å². The number of benzene rings is 1. The highest BCUT2D eigenvalue weighted by Crippen LogP contribution is 2.28. The summed E-state index contributed by atoms with van der Waals surface area (Å²) in [7, 11) is 0. The Bertz CT molecular complexity index is 925. The molecule has 3 aromatic rings. The molecule has 1 atom stereocenters. The molecule has 0 aliphatic heterocycles. The highest BCUT2D eigenvalue weighted by molar-refractivity contribution is 5.67. The van der Waals surface area contributed by atoms with E-state index in [1.54, 1.807) is 18.6 Å². The fourth-order valence-electron chi connectivity index (χ4n) is 3.06. The molecule has 0 spiro atoms. The standard InChI is InChI=1S/C21H26N6O2/c1-3-5-6-16-7-9-17(10-8-16)23-21-18(27(28)29)11-12-19(25-21)24-20(4-2)26-14-13-22-15-26/h7-15,20H,3-6H2,1-2H3,(H2,23,24,25). The van der Waals surface area contributed by atoms with Gasteiger partial charge in [0.1, 0.15) is 12.0 Å². The van der Waals surface area contributed by atoms with Gasteiger partial charge in [0.2, 0.25) is 5.82 Å². The number of nitrogens with zero attached hydrogens (tertiary/aromatic N) is 4. The van der Waals surface area contributed by atoms with Crippen LogP contribution >= 0.6 is 0 Å². The fraction of sp³-hybridized carbons (Fsp3) is 0.333. The molecule has 152 valence electrons. The van der Waals surface area contributed by atoms with E-state index in [1.807, 2.05) is 42.0 Å². The Balaban J connectivity index is 1.80. The number of rotatable bonds is 10. The molecule has 8 heteroatoms. The van der Waals surface area contributed by atoms with Gasteiger partial charge >= 0.3 is 5.69 Å². The summed E-state index contributed by atoms with van der Waals surface area (Å²) >= 11 is 0. The number of anilines is 3. The van der Waals surface area contributed by atoms with Crippen molar-refractivity contribution in [1.82, 2.24) is 14.5 Å². The minimum Gasteiger partial charge on any atom is -0.350 e. The summed E-state index contributed by atoms with van der Waals surface area (Å²) in [5, 5.41) is 17.9. The summed E-state index contributed by atoms with van der Waals surface area (Å²) in [6, 6.07) is 11.0. The van der Waals surface area contributed by atoms with Crippen molar-refractivity contribution in [2.75, 3.05) is 10.6 Å². The van der Waals surface area contributed by atoms with Crippen LogP contribution in [0, 0.1) is 10.1 Å². The average molecular weight is 394 g/mol. The molecular formula is C21H26N6O2. The summed E-state index contributed by atoms with van der Waals surface area (Å²) in [4.78, 5) is 19.6. The van der Waals surface area contributed by atoms with Gasteiger partial charge in [-0.05, 0) is 43.0 Å². The van der Waals surface area contributed by atoms with E-state index in [2.05, 4.69) is 27.5 Å². The van der Waals surface area contributed by atoms with Gasteiger partial charge in [-0.2, -0.15) is 0 Å². The Morgan fingerprint density at radius 2 is 1.97 bits per heavy atom. The highest BCUT2D eigenvalue weighted by atomic mass is 16.6. The van der Waals surface area contributed by atoms with Gasteiger partial charge in [-0.25, -0.2) is 9.97 Å². The van der Waals surface area contributed by atoms with E-state index in [-0.39, 0.29) is 17.7 Å². The van der Waals surface area contributed by atoms with Crippen LogP contribution in [0.4, 0.5) is 23.0 Å². The van der Waals surface area contributed by atoms with E-state index < -0.39 is 4.92 Å². The van der Waals surface area contributed by atoms with Gasteiger partial charge < -0.3 is 15.2 Å². The average Bonchev–Trinajstić information content (AvgIpc) is 3.26. The van der Waals surface area contributed by atoms with E-state index in [1.165, 1.54) is 11.6 Å². The molecule has 0 bridgehead atoms. The molecule has 29 heavy (non-hydrogen) atoms. The molecule has 0 saturated heterocycles. The second-order valence-corrected chi connectivity index (χ2v) is 6.83. The maximum atomic E-state index is 11.5. The number of unbranched alkanes of at least 4 members (excludes halogenated alkanes) is 1. The second-order valence-electron chi connectivity index (χ2n) is 6.83. The first-order valence-corrected chi connectivity index (χ1v) is 9.86. The predicted molar refractivity (Wildman–Crippen MR) is 114 cm³/mol. The first kappa shape index (κ1) is 20.3. The number of nitrogens with one attached hydrogen (secondary N) is 2. The van der Waals surface area contributed by atoms with Crippen molar-refractivity contribution in [2.24, 2.45) is 0 Å². The summed E-state index contributed by atoms with van der Waals surface area (Å²) in [5.74, 6) is 0.764. The third kappa shape index (κ3) is 5.31. The van der Waals surface area contributed by atoms with Gasteiger partial charge in [-0.3, -0.25) is 10.1 Å². The molecule has 0 aliphatic carbocycles. The van der Waals surface area contributed by atoms with Crippen LogP contribution in [0.1, 0.15) is 44.8 Å². The summed E-state index contributed by atoms with van der Waals surface area (Å²) in [6.45, 7) is 4.21. The molecule has 1 aromatic carbocycles. The normalized spacial score (nSPS) is 11.8. The van der Waals surface area contributed by atoms with Crippen LogP contribution in [-0.4, -0.2) is 19.5 Å². The Labute approximate surface area is 170 Å². The number of aromatic nitrogens is 3. The van der Waals surface area contributed by atoms with Gasteiger partial charge in [0.05, 0.1) is 11.3 Å². The van der Waals surface area contributed by atoms with E-state index in [9.17, 15) is 10.1 Å². The second kappa shape index (κ2) is 9.68. The van der Waals surface area contributed by atoms with Crippen molar-refractivity contribution in [3.05, 3.63) is 70.8 Å². The molecule has 0 saturated carbocycles. The fourth-order valence-corrected chi connectivity index (χ4v) is 3.06. The number of hydrogen-bond acceptors (Lipinski definition) is 6. The number of pyridine rings is 1. The van der Waals surface area contributed by atoms with Gasteiger partial charge in [-0.15, -0.1) is 0 Å². The summed E-state index contributed by atoms with van der Waals surface area (Å²) in [5.41, 5.74) is 1.95. The number of imidazole rings is 1. The third-order valence-corrected chi connectivity index (χ3v) is 4.69. The lowest BCUT2D eigenvalue weighted by atomic mass is 10.1. The maximum Gasteiger partial charge on any atom is 0.311 e. The van der Waals surface area contributed by atoms with Crippen LogP contribution in [0.5, 0.6) is 0 Å². The quantitative estimate of drug-likeness (QED) is 0.358. The van der Waals surface area contributed by atoms with Crippen LogP contribution in [-0.2, 0) is 6.42 Å². The molecule has 0 radical (unpaired) electrons. The van der Waals surface area contributed by atoms with Crippen molar-refractivity contribution in [2.45, 2.75) is 45.7 Å². The molecule has 0 amide bonds. The van der Waals surface area contributed by atoms with E-state index in [0.717, 1.165) is 31.4 Å². The van der Waals surface area contributed by atoms with Crippen LogP contribution in [0.15, 0.2) is 55.1 Å². The van der Waals surface area contributed by atoms with Crippen LogP contribution in [0.3, 0.4) is 0 Å². The molecule has 8 nitrogen and oxygen atoms in total. The lowest BCUT2D eigenvalue weighted by Gasteiger charge is -2.19. The van der Waals surface area contributed by atoms with E-state index in [4.69, 9.17) is 0 Å². The minimum atomic E-state index is -0.429. The SMILES string of the molecule is CCCCc1ccc(Nc2nc(NC(CC)n3ccnc3)ccc2[N+](=O)[O-])cc1. The Morgan fingerprint density at radius 3 is 2.59 bits per heavy atom. The van der Waals surface area contributed by atoms with Crippen molar-refractivity contribution in [3.8, 4) is 0 Å². The highest BCUT2D eigenvalue weighted by Gasteiger charge is 2.18. The maximum absolute atomic E-state index is 11.5. The Hall–Kier alpha value is -3.42. The van der Waals surface area contributed by atoms with Crippen LogP contribution < -0.4 is 10.6 Å². The van der Waals surface area contributed by atoms with E-state index in [0.29, 0.717) is 5.82 Å². The van der Waals surface area contributed by atoms with Crippen molar-refractivity contribution >= 4 is 23.0 Å². The lowest BCUT2D eigenvalue weighted by Crippen LogP contribution is -2.17. The topological polar surface area (TPSA) is 97.9 Å². The summed E-state index contributed by atoms with van der Waals surface area (Å²) < 4.78 is 1.94. The largest absolute Gasteiger partial charge is 0.350 e. The molecular weight excluding hydrogens is 368 g/mol. The summed E-state index contributed by atoms with van der Waals surface area (Å²) in [6.07, 6.45) is 9.38. The van der Waals surface area contributed by atoms with Gasteiger partial charge in [-0.1, -0.05) is 32.4 Å². The van der Waals surface area contributed by atoms with Crippen molar-refractivity contribution in [1.29, 1.82) is 0 Å². The van der Waals surface area contributed by atoms with Crippen molar-refractivity contribution < 1.29 is 4.92 Å². The number of aryl methyl sites for hydroxylation is 1. The molecule has 0 aliphatic rings. The minimum absolute atomic E-state index is 0.0443. The zero-order chi connectivity index (χ0) is 20.6. The molecule has 2 N–H and O–H groups in total. The zero-order valence-corrected chi connectivity index (χ0v) is 16.7. The van der Waals surface area contributed by atoms with Gasteiger partial charge in [0.15, 0.2) is 0 Å². The van der Waals surface area contributed by atoms with Crippen LogP contribution in [0.25, 0.3) is 0 Å². The lowest BCUT2D eigenvalue weighted by molar-refractivity contribution is -0.384. The first-order valence-electron chi connectivity index (χ1n) is 9.86. The van der Waals surface area contributed by atoms with Gasteiger partial charge in [0.25, 0.3) is 0 Å². The Kier molecular flexibility index (Phi) is 6.78. The monoisotopic (exact) mass is 394 g/mol. The first-order chi connectivity index (χ1) is 14.1. The number of nitro groups is 1. The smallest absolute Gasteiger partial charge is 0.311 e. The zero-order valence-electron chi connectivity index (χ0n) is 16.7. The predicted octanol–water partition coefficient (Wildman–Crippen LogP) is 5.29. The molecule has 3 rings (SSSR count). The Morgan fingerprint density at radius 1 is 1.17 bits per heavy atom. The van der Waals surface area contributed by atoms with E-state index >= 15 is 0 Å². The molecule has 2 aromatic heterocycles.